The molecule has 3 aromatic carbocycles. The number of nitrogens with zero attached hydrogens (tertiary/aromatic N) is 4. The molecule has 9 nitrogen and oxygen atoms in total. The number of benzene rings is 3. The average molecular weight is 656 g/mol. The first kappa shape index (κ1) is 31.8. The molecule has 5 aromatic rings. The third-order valence-corrected chi connectivity index (χ3v) is 9.57. The number of aromatic nitrogens is 4. The number of rotatable bonds is 10. The molecule has 2 fully saturated rings. The molecule has 1 aliphatic heterocycles. The molecular weight excluding hydrogens is 616 g/mol. The third kappa shape index (κ3) is 7.06. The van der Waals surface area contributed by atoms with E-state index in [1.54, 1.807) is 31.4 Å². The highest BCUT2D eigenvalue weighted by atomic mass is 19.1. The van der Waals surface area contributed by atoms with Crippen LogP contribution in [-0.2, 0) is 11.3 Å². The molecular formula is C37H39F2N5O4. The Morgan fingerprint density at radius 1 is 0.896 bits per heavy atom. The molecule has 2 aromatic heterocycles. The number of hydrogen-bond donors (Lipinski definition) is 1. The van der Waals surface area contributed by atoms with Gasteiger partial charge in [-0.25, -0.2) is 8.78 Å². The van der Waals surface area contributed by atoms with Crippen LogP contribution in [0.25, 0.3) is 22.0 Å². The van der Waals surface area contributed by atoms with E-state index in [0.29, 0.717) is 18.3 Å². The van der Waals surface area contributed by atoms with Gasteiger partial charge < -0.3 is 19.5 Å². The van der Waals surface area contributed by atoms with Gasteiger partial charge in [-0.3, -0.25) is 14.2 Å². The van der Waals surface area contributed by atoms with Crippen LogP contribution in [-0.4, -0.2) is 52.3 Å². The van der Waals surface area contributed by atoms with Crippen LogP contribution in [0.3, 0.4) is 0 Å². The summed E-state index contributed by atoms with van der Waals surface area (Å²) in [6.45, 7) is 1.97. The number of halogens is 2. The van der Waals surface area contributed by atoms with Gasteiger partial charge >= 0.3 is 0 Å². The molecule has 1 aliphatic carbocycles. The molecule has 0 bridgehead atoms. The summed E-state index contributed by atoms with van der Waals surface area (Å²) in [5, 5.41) is 13.5. The highest BCUT2D eigenvalue weighted by molar-refractivity contribution is 5.94. The van der Waals surface area contributed by atoms with Gasteiger partial charge in [0, 0.05) is 48.7 Å². The quantitative estimate of drug-likeness (QED) is 0.170. The maximum atomic E-state index is 14.8. The van der Waals surface area contributed by atoms with Crippen LogP contribution in [0, 0.1) is 17.6 Å². The Bertz CT molecular complexity index is 1850. The fourth-order valence-electron chi connectivity index (χ4n) is 6.70. The van der Waals surface area contributed by atoms with Crippen LogP contribution < -0.4 is 14.8 Å². The van der Waals surface area contributed by atoms with Crippen molar-refractivity contribution in [3.8, 4) is 22.6 Å². The van der Waals surface area contributed by atoms with Gasteiger partial charge in [-0.05, 0) is 85.9 Å². The minimum Gasteiger partial charge on any atom is -0.497 e. The van der Waals surface area contributed by atoms with E-state index in [0.717, 1.165) is 91.5 Å². The van der Waals surface area contributed by atoms with Crippen molar-refractivity contribution in [1.82, 2.24) is 24.9 Å². The SMILES string of the molecule is COc1ccc(COc2c(F)cc(C(=O)NCC3CCC(n4cc5ccc(-c6cnn(C7CCOCC7)c6)cc5n4)CC3)cc2F)cc1. The first-order valence-electron chi connectivity index (χ1n) is 16.6. The summed E-state index contributed by atoms with van der Waals surface area (Å²) in [6, 6.07) is 16.1. The van der Waals surface area contributed by atoms with Crippen molar-refractivity contribution in [3.05, 3.63) is 95.9 Å². The Kier molecular flexibility index (Phi) is 9.38. The van der Waals surface area contributed by atoms with E-state index < -0.39 is 23.3 Å². The molecule has 1 N–H and O–H groups in total. The second-order valence-electron chi connectivity index (χ2n) is 12.7. The molecule has 48 heavy (non-hydrogen) atoms. The lowest BCUT2D eigenvalue weighted by molar-refractivity contribution is 0.0662. The van der Waals surface area contributed by atoms with Crippen molar-refractivity contribution < 1.29 is 27.8 Å². The van der Waals surface area contributed by atoms with Crippen molar-refractivity contribution in [2.75, 3.05) is 26.9 Å². The van der Waals surface area contributed by atoms with Gasteiger partial charge in [-0.2, -0.15) is 10.2 Å². The number of hydrogen-bond acceptors (Lipinski definition) is 6. The number of fused-ring (bicyclic) bond motifs is 1. The molecule has 1 saturated heterocycles. The zero-order valence-corrected chi connectivity index (χ0v) is 26.9. The number of methoxy groups -OCH3 is 1. The molecule has 2 aliphatic rings. The fourth-order valence-corrected chi connectivity index (χ4v) is 6.70. The first-order chi connectivity index (χ1) is 23.4. The summed E-state index contributed by atoms with van der Waals surface area (Å²) in [5.41, 5.74) is 3.79. The van der Waals surface area contributed by atoms with E-state index in [-0.39, 0.29) is 24.1 Å². The molecule has 250 valence electrons. The summed E-state index contributed by atoms with van der Waals surface area (Å²) in [4.78, 5) is 12.8. The van der Waals surface area contributed by atoms with E-state index >= 15 is 0 Å². The molecule has 0 unspecified atom stereocenters. The standard InChI is InChI=1S/C37H39F2N5O4/c1-46-32-10-4-25(5-11-32)23-48-36-33(38)16-28(17-34(36)39)37(45)40-19-24-2-8-30(9-3-24)44-21-27-7-6-26(18-35(27)42-44)29-20-41-43(22-29)31-12-14-47-15-13-31/h4-7,10-11,16-18,20-22,24,30-31H,2-3,8-9,12-15,19,23H2,1H3,(H,40,45). The van der Waals surface area contributed by atoms with Gasteiger partial charge in [0.2, 0.25) is 0 Å². The summed E-state index contributed by atoms with van der Waals surface area (Å²) >= 11 is 0. The summed E-state index contributed by atoms with van der Waals surface area (Å²) < 4.78 is 49.7. The van der Waals surface area contributed by atoms with Crippen LogP contribution in [0.4, 0.5) is 8.78 Å². The minimum absolute atomic E-state index is 0.0226. The smallest absolute Gasteiger partial charge is 0.251 e. The molecule has 0 spiro atoms. The van der Waals surface area contributed by atoms with Crippen molar-refractivity contribution >= 4 is 16.8 Å². The van der Waals surface area contributed by atoms with Crippen LogP contribution >= 0.6 is 0 Å². The number of ether oxygens (including phenoxy) is 3. The van der Waals surface area contributed by atoms with Crippen LogP contribution in [0.15, 0.2) is 73.2 Å². The summed E-state index contributed by atoms with van der Waals surface area (Å²) in [7, 11) is 1.56. The largest absolute Gasteiger partial charge is 0.497 e. The Hall–Kier alpha value is -4.77. The van der Waals surface area contributed by atoms with Crippen LogP contribution in [0.5, 0.6) is 11.5 Å². The van der Waals surface area contributed by atoms with Gasteiger partial charge in [0.1, 0.15) is 12.4 Å². The summed E-state index contributed by atoms with van der Waals surface area (Å²) in [5.74, 6) is -1.91. The third-order valence-electron chi connectivity index (χ3n) is 9.57. The van der Waals surface area contributed by atoms with Gasteiger partial charge in [-0.15, -0.1) is 0 Å². The predicted octanol–water partition coefficient (Wildman–Crippen LogP) is 7.28. The van der Waals surface area contributed by atoms with Gasteiger partial charge in [0.15, 0.2) is 17.4 Å². The highest BCUT2D eigenvalue weighted by Gasteiger charge is 2.25. The van der Waals surface area contributed by atoms with Crippen molar-refractivity contribution in [3.63, 3.8) is 0 Å². The van der Waals surface area contributed by atoms with E-state index in [1.807, 2.05) is 6.20 Å². The lowest BCUT2D eigenvalue weighted by Crippen LogP contribution is -2.32. The lowest BCUT2D eigenvalue weighted by atomic mass is 9.86. The van der Waals surface area contributed by atoms with E-state index in [1.165, 1.54) is 0 Å². The van der Waals surface area contributed by atoms with Crippen molar-refractivity contribution in [1.29, 1.82) is 0 Å². The topological polar surface area (TPSA) is 92.4 Å². The van der Waals surface area contributed by atoms with E-state index in [4.69, 9.17) is 19.3 Å². The second kappa shape index (κ2) is 14.1. The van der Waals surface area contributed by atoms with Gasteiger partial charge in [-0.1, -0.05) is 24.3 Å². The fraction of sp³-hybridized carbons (Fsp3) is 0.378. The average Bonchev–Trinajstić information content (AvgIpc) is 3.79. The molecule has 0 atom stereocenters. The van der Waals surface area contributed by atoms with Crippen molar-refractivity contribution in [2.45, 2.75) is 57.2 Å². The van der Waals surface area contributed by atoms with Gasteiger partial charge in [0.25, 0.3) is 5.91 Å². The number of carbonyl (C=O) groups is 1. The zero-order chi connectivity index (χ0) is 33.0. The molecule has 3 heterocycles. The maximum absolute atomic E-state index is 14.8. The number of nitrogens with one attached hydrogen (secondary N) is 1. The molecule has 1 amide bonds. The Morgan fingerprint density at radius 3 is 2.35 bits per heavy atom. The number of amides is 1. The summed E-state index contributed by atoms with van der Waals surface area (Å²) in [6.07, 6.45) is 11.8. The second-order valence-corrected chi connectivity index (χ2v) is 12.7. The first-order valence-corrected chi connectivity index (χ1v) is 16.6. The van der Waals surface area contributed by atoms with Crippen LogP contribution in [0.2, 0.25) is 0 Å². The van der Waals surface area contributed by atoms with E-state index in [2.05, 4.69) is 50.4 Å². The van der Waals surface area contributed by atoms with Crippen LogP contribution in [0.1, 0.15) is 66.5 Å². The van der Waals surface area contributed by atoms with E-state index in [9.17, 15) is 13.6 Å². The molecule has 0 radical (unpaired) electrons. The highest BCUT2D eigenvalue weighted by Crippen LogP contribution is 2.34. The zero-order valence-electron chi connectivity index (χ0n) is 26.9. The van der Waals surface area contributed by atoms with Gasteiger partial charge in [0.05, 0.1) is 30.9 Å². The normalized spacial score (nSPS) is 18.6. The molecule has 11 heteroatoms. The minimum atomic E-state index is -0.919. The maximum Gasteiger partial charge on any atom is 0.251 e. The molecule has 7 rings (SSSR count). The predicted molar refractivity (Wildman–Crippen MR) is 177 cm³/mol. The number of carbonyl (C=O) groups excluding carboxylic acids is 1. The Morgan fingerprint density at radius 2 is 1.62 bits per heavy atom. The molecule has 1 saturated carbocycles. The lowest BCUT2D eigenvalue weighted by Gasteiger charge is -2.28. The Labute approximate surface area is 277 Å². The Balaban J connectivity index is 0.906. The van der Waals surface area contributed by atoms with Crippen molar-refractivity contribution in [2.24, 2.45) is 5.92 Å². The monoisotopic (exact) mass is 655 g/mol.